The molecule has 1 aliphatic carbocycles. The summed E-state index contributed by atoms with van der Waals surface area (Å²) in [6, 6.07) is 0.405. The third-order valence-electron chi connectivity index (χ3n) is 4.00. The average molecular weight is 436 g/mol. The molecule has 23 heavy (non-hydrogen) atoms. The number of hydrogen-bond donors (Lipinski definition) is 3. The number of aryl methyl sites for hydroxylation is 1. The summed E-state index contributed by atoms with van der Waals surface area (Å²) in [4.78, 5) is 4.63. The lowest BCUT2D eigenvalue weighted by Gasteiger charge is -2.27. The van der Waals surface area contributed by atoms with Crippen LogP contribution in [-0.2, 0) is 13.0 Å². The van der Waals surface area contributed by atoms with Gasteiger partial charge in [-0.2, -0.15) is 0 Å². The number of rotatable bonds is 6. The van der Waals surface area contributed by atoms with Crippen LogP contribution in [0.1, 0.15) is 45.4 Å². The van der Waals surface area contributed by atoms with Crippen LogP contribution in [0.25, 0.3) is 0 Å². The van der Waals surface area contributed by atoms with Crippen LogP contribution in [0, 0.1) is 0 Å². The van der Waals surface area contributed by atoms with Crippen molar-refractivity contribution in [2.75, 3.05) is 13.1 Å². The van der Waals surface area contributed by atoms with Gasteiger partial charge in [-0.25, -0.2) is 0 Å². The molecule has 0 amide bonds. The van der Waals surface area contributed by atoms with E-state index in [-0.39, 0.29) is 30.1 Å². The lowest BCUT2D eigenvalue weighted by molar-refractivity contribution is 0.120. The summed E-state index contributed by atoms with van der Waals surface area (Å²) in [5.41, 5.74) is 0. The highest BCUT2D eigenvalue weighted by atomic mass is 127. The van der Waals surface area contributed by atoms with E-state index in [2.05, 4.69) is 39.7 Å². The number of nitrogens with one attached hydrogen (secondary N) is 2. The van der Waals surface area contributed by atoms with E-state index in [4.69, 9.17) is 0 Å². The van der Waals surface area contributed by atoms with Crippen LogP contribution in [0.15, 0.2) is 11.3 Å². The smallest absolute Gasteiger partial charge is 0.191 e. The molecule has 0 bridgehead atoms. The SMILES string of the molecule is CCNC(=NCCn1cnnc1CC)NC1CCC(O)CC1.I. The summed E-state index contributed by atoms with van der Waals surface area (Å²) < 4.78 is 2.05. The second kappa shape index (κ2) is 10.8. The topological polar surface area (TPSA) is 87.4 Å². The first kappa shape index (κ1) is 20.1. The number of halogens is 1. The van der Waals surface area contributed by atoms with E-state index in [0.29, 0.717) is 12.6 Å². The van der Waals surface area contributed by atoms with Crippen LogP contribution in [-0.4, -0.2) is 51.1 Å². The molecule has 0 saturated heterocycles. The maximum atomic E-state index is 9.57. The predicted octanol–water partition coefficient (Wildman–Crippen LogP) is 1.32. The zero-order valence-corrected chi connectivity index (χ0v) is 16.4. The summed E-state index contributed by atoms with van der Waals surface area (Å²) in [7, 11) is 0. The summed E-state index contributed by atoms with van der Waals surface area (Å²) in [5, 5.41) is 24.3. The highest BCUT2D eigenvalue weighted by molar-refractivity contribution is 14.0. The normalized spacial score (nSPS) is 21.6. The Kier molecular flexibility index (Phi) is 9.46. The first-order chi connectivity index (χ1) is 10.7. The molecule has 2 rings (SSSR count). The minimum absolute atomic E-state index is 0. The largest absolute Gasteiger partial charge is 0.393 e. The Morgan fingerprint density at radius 1 is 1.35 bits per heavy atom. The van der Waals surface area contributed by atoms with Crippen LogP contribution in [0.2, 0.25) is 0 Å². The van der Waals surface area contributed by atoms with E-state index in [1.165, 1.54) is 0 Å². The van der Waals surface area contributed by atoms with E-state index in [1.807, 2.05) is 4.57 Å². The van der Waals surface area contributed by atoms with Gasteiger partial charge in [0.2, 0.25) is 0 Å². The van der Waals surface area contributed by atoms with Gasteiger partial charge in [0.15, 0.2) is 5.96 Å². The van der Waals surface area contributed by atoms with Gasteiger partial charge in [-0.15, -0.1) is 34.2 Å². The minimum atomic E-state index is -0.126. The van der Waals surface area contributed by atoms with Crippen LogP contribution in [0.4, 0.5) is 0 Å². The first-order valence-corrected chi connectivity index (χ1v) is 8.32. The molecule has 0 unspecified atom stereocenters. The summed E-state index contributed by atoms with van der Waals surface area (Å²) in [6.45, 7) is 6.46. The maximum absolute atomic E-state index is 9.57. The standard InChI is InChI=1S/C15H28N6O.HI/c1-3-14-20-18-11-21(14)10-9-17-15(16-4-2)19-12-5-7-13(22)8-6-12;/h11-13,22H,3-10H2,1-2H3,(H2,16,17,19);1H. The lowest BCUT2D eigenvalue weighted by atomic mass is 9.93. The molecule has 1 fully saturated rings. The van der Waals surface area contributed by atoms with Crippen molar-refractivity contribution < 1.29 is 5.11 Å². The molecule has 0 aliphatic heterocycles. The fraction of sp³-hybridized carbons (Fsp3) is 0.800. The zero-order chi connectivity index (χ0) is 15.8. The molecule has 0 spiro atoms. The lowest BCUT2D eigenvalue weighted by Crippen LogP contribution is -2.45. The number of aliphatic hydroxyl groups excluding tert-OH is 1. The van der Waals surface area contributed by atoms with Crippen molar-refractivity contribution in [3.05, 3.63) is 12.2 Å². The second-order valence-corrected chi connectivity index (χ2v) is 5.70. The van der Waals surface area contributed by atoms with Gasteiger partial charge < -0.3 is 20.3 Å². The molecule has 8 heteroatoms. The molecule has 0 aromatic carbocycles. The first-order valence-electron chi connectivity index (χ1n) is 8.32. The van der Waals surface area contributed by atoms with E-state index in [1.54, 1.807) is 6.33 Å². The fourth-order valence-corrected chi connectivity index (χ4v) is 2.74. The van der Waals surface area contributed by atoms with Crippen molar-refractivity contribution in [1.82, 2.24) is 25.4 Å². The molecule has 7 nitrogen and oxygen atoms in total. The Hall–Kier alpha value is -0.900. The molecule has 0 radical (unpaired) electrons. The molecule has 1 aromatic heterocycles. The molecule has 1 aliphatic rings. The molecular weight excluding hydrogens is 407 g/mol. The number of nitrogens with zero attached hydrogens (tertiary/aromatic N) is 4. The van der Waals surface area contributed by atoms with E-state index in [0.717, 1.165) is 57.0 Å². The van der Waals surface area contributed by atoms with Gasteiger partial charge in [0.1, 0.15) is 12.2 Å². The van der Waals surface area contributed by atoms with Crippen molar-refractivity contribution in [3.63, 3.8) is 0 Å². The Balaban J connectivity index is 0.00000264. The van der Waals surface area contributed by atoms with E-state index >= 15 is 0 Å². The molecule has 1 saturated carbocycles. The monoisotopic (exact) mass is 436 g/mol. The number of aliphatic hydroxyl groups is 1. The number of hydrogen-bond acceptors (Lipinski definition) is 4. The van der Waals surface area contributed by atoms with Crippen LogP contribution in [0.3, 0.4) is 0 Å². The van der Waals surface area contributed by atoms with Crippen molar-refractivity contribution >= 4 is 29.9 Å². The van der Waals surface area contributed by atoms with Crippen molar-refractivity contribution in [2.45, 2.75) is 64.6 Å². The third kappa shape index (κ3) is 6.62. The Labute approximate surface area is 155 Å². The highest BCUT2D eigenvalue weighted by Crippen LogP contribution is 2.18. The highest BCUT2D eigenvalue weighted by Gasteiger charge is 2.19. The Bertz CT molecular complexity index is 470. The minimum Gasteiger partial charge on any atom is -0.393 e. The molecule has 1 aromatic rings. The van der Waals surface area contributed by atoms with Gasteiger partial charge in [-0.05, 0) is 32.6 Å². The van der Waals surface area contributed by atoms with E-state index in [9.17, 15) is 5.11 Å². The van der Waals surface area contributed by atoms with Gasteiger partial charge >= 0.3 is 0 Å². The molecular formula is C15H29IN6O. The second-order valence-electron chi connectivity index (χ2n) is 5.70. The van der Waals surface area contributed by atoms with Gasteiger partial charge in [0.25, 0.3) is 0 Å². The zero-order valence-electron chi connectivity index (χ0n) is 14.0. The third-order valence-corrected chi connectivity index (χ3v) is 4.00. The Morgan fingerprint density at radius 3 is 2.74 bits per heavy atom. The molecule has 0 atom stereocenters. The van der Waals surface area contributed by atoms with Crippen LogP contribution < -0.4 is 10.6 Å². The average Bonchev–Trinajstić information content (AvgIpc) is 2.97. The quantitative estimate of drug-likeness (QED) is 0.356. The van der Waals surface area contributed by atoms with Gasteiger partial charge in [0.05, 0.1) is 12.6 Å². The van der Waals surface area contributed by atoms with Gasteiger partial charge in [-0.1, -0.05) is 6.92 Å². The van der Waals surface area contributed by atoms with Crippen molar-refractivity contribution in [2.24, 2.45) is 4.99 Å². The summed E-state index contributed by atoms with van der Waals surface area (Å²) in [6.07, 6.45) is 6.26. The van der Waals surface area contributed by atoms with Gasteiger partial charge in [0, 0.05) is 25.6 Å². The van der Waals surface area contributed by atoms with Gasteiger partial charge in [-0.3, -0.25) is 4.99 Å². The van der Waals surface area contributed by atoms with E-state index < -0.39 is 0 Å². The van der Waals surface area contributed by atoms with Crippen LogP contribution in [0.5, 0.6) is 0 Å². The molecule has 1 heterocycles. The predicted molar refractivity (Wildman–Crippen MR) is 102 cm³/mol. The number of guanidine groups is 1. The number of aliphatic imine (C=N–C) groups is 1. The Morgan fingerprint density at radius 2 is 2.09 bits per heavy atom. The molecule has 3 N–H and O–H groups in total. The molecule has 132 valence electrons. The van der Waals surface area contributed by atoms with Crippen molar-refractivity contribution in [1.29, 1.82) is 0 Å². The summed E-state index contributed by atoms with van der Waals surface area (Å²) >= 11 is 0. The number of aromatic nitrogens is 3. The van der Waals surface area contributed by atoms with Crippen LogP contribution >= 0.6 is 24.0 Å². The van der Waals surface area contributed by atoms with Crippen molar-refractivity contribution in [3.8, 4) is 0 Å². The fourth-order valence-electron chi connectivity index (χ4n) is 2.74. The maximum Gasteiger partial charge on any atom is 0.191 e. The summed E-state index contributed by atoms with van der Waals surface area (Å²) in [5.74, 6) is 1.85.